The zero-order valence-corrected chi connectivity index (χ0v) is 52.0. The van der Waals surface area contributed by atoms with Gasteiger partial charge in [0.25, 0.3) is 0 Å². The normalized spacial score (nSPS) is 13.0. The maximum absolute atomic E-state index is 12.9. The minimum Gasteiger partial charge on any atom is -0.462 e. The van der Waals surface area contributed by atoms with Gasteiger partial charge in [0.15, 0.2) is 6.10 Å². The van der Waals surface area contributed by atoms with Gasteiger partial charge >= 0.3 is 17.9 Å². The van der Waals surface area contributed by atoms with Gasteiger partial charge in [0, 0.05) is 19.3 Å². The van der Waals surface area contributed by atoms with Crippen molar-refractivity contribution in [2.24, 2.45) is 0 Å². The molecule has 0 fully saturated rings. The van der Waals surface area contributed by atoms with E-state index in [4.69, 9.17) is 14.2 Å². The summed E-state index contributed by atoms with van der Waals surface area (Å²) in [7, 11) is 0. The second kappa shape index (κ2) is 67.1. The smallest absolute Gasteiger partial charge is 0.306 e. The molecule has 1 unspecified atom stereocenters. The van der Waals surface area contributed by atoms with Crippen molar-refractivity contribution in [3.63, 3.8) is 0 Å². The molecule has 0 bridgehead atoms. The Hall–Kier alpha value is -4.45. The Morgan fingerprint density at radius 3 is 0.825 bits per heavy atom. The van der Waals surface area contributed by atoms with E-state index in [0.29, 0.717) is 19.3 Å². The summed E-state index contributed by atoms with van der Waals surface area (Å²) in [4.78, 5) is 38.2. The molecule has 0 radical (unpaired) electrons. The highest BCUT2D eigenvalue weighted by Crippen LogP contribution is 2.15. The van der Waals surface area contributed by atoms with Gasteiger partial charge in [-0.3, -0.25) is 14.4 Å². The predicted octanol–water partition coefficient (Wildman–Crippen LogP) is 22.9. The number of hydrogen-bond donors (Lipinski definition) is 0. The van der Waals surface area contributed by atoms with E-state index in [1.165, 1.54) is 116 Å². The fourth-order valence-corrected chi connectivity index (χ4v) is 8.90. The summed E-state index contributed by atoms with van der Waals surface area (Å²) in [6.45, 7) is 6.43. The standard InChI is InChI=1S/C74H122O6/c1-4-7-10-13-16-19-22-24-26-28-30-31-32-33-34-35-36-37-38-39-40-41-42-43-45-46-48-50-52-55-58-61-64-67-73(76)79-70-71(69-78-72(75)66-63-60-57-54-21-18-15-12-9-6-3)80-74(77)68-65-62-59-56-53-51-49-47-44-29-27-25-23-20-17-14-11-8-5-2/h7,10,12,15-17,19-20,24-27,30-31,33-34,36-37,39-40,42-43,71H,4-6,8-9,11,13-14,18,21-23,28-29,32,35,38,41,44-70H2,1-3H3/b10-7-,15-12-,19-16-,20-17-,26-24-,27-25-,31-30-,34-33-,37-36-,40-39-,43-42-. The van der Waals surface area contributed by atoms with Crippen molar-refractivity contribution in [1.82, 2.24) is 0 Å². The van der Waals surface area contributed by atoms with Crippen LogP contribution < -0.4 is 0 Å². The summed E-state index contributed by atoms with van der Waals surface area (Å²) < 4.78 is 16.9. The van der Waals surface area contributed by atoms with Crippen LogP contribution in [-0.2, 0) is 28.6 Å². The summed E-state index contributed by atoms with van der Waals surface area (Å²) in [5.74, 6) is -0.908. The van der Waals surface area contributed by atoms with E-state index < -0.39 is 6.10 Å². The number of unbranched alkanes of at least 4 members (excludes halogenated alkanes) is 26. The van der Waals surface area contributed by atoms with Crippen molar-refractivity contribution in [1.29, 1.82) is 0 Å². The van der Waals surface area contributed by atoms with Crippen LogP contribution in [0.4, 0.5) is 0 Å². The first-order valence-corrected chi connectivity index (χ1v) is 33.2. The van der Waals surface area contributed by atoms with Crippen LogP contribution in [0.5, 0.6) is 0 Å². The molecule has 6 nitrogen and oxygen atoms in total. The van der Waals surface area contributed by atoms with Crippen LogP contribution in [-0.4, -0.2) is 37.2 Å². The molecule has 1 atom stereocenters. The SMILES string of the molecule is CC/C=C\C/C=C\C/C=C\C/C=C\C/C=C\C/C=C\C/C=C\C/C=C\CCCCCCCCCCC(=O)OCC(COC(=O)CCCCCCC/C=C\CCC)OC(=O)CCCCCCCCCCC/C=C\C/C=C\CCCCC. The van der Waals surface area contributed by atoms with Crippen LogP contribution in [0.15, 0.2) is 134 Å². The molecular formula is C74H122O6. The molecule has 0 heterocycles. The Bertz CT molecular complexity index is 1700. The third-order valence-electron chi connectivity index (χ3n) is 13.8. The summed E-state index contributed by atoms with van der Waals surface area (Å²) in [6, 6.07) is 0. The lowest BCUT2D eigenvalue weighted by molar-refractivity contribution is -0.167. The van der Waals surface area contributed by atoms with Gasteiger partial charge in [0.1, 0.15) is 13.2 Å². The highest BCUT2D eigenvalue weighted by atomic mass is 16.6. The van der Waals surface area contributed by atoms with Gasteiger partial charge < -0.3 is 14.2 Å². The number of hydrogen-bond acceptors (Lipinski definition) is 6. The molecular weight excluding hydrogens is 985 g/mol. The lowest BCUT2D eigenvalue weighted by atomic mass is 10.1. The van der Waals surface area contributed by atoms with Gasteiger partial charge in [0.05, 0.1) is 0 Å². The van der Waals surface area contributed by atoms with Crippen molar-refractivity contribution < 1.29 is 28.6 Å². The van der Waals surface area contributed by atoms with E-state index in [1.54, 1.807) is 0 Å². The number of allylic oxidation sites excluding steroid dienone is 22. The van der Waals surface area contributed by atoms with Gasteiger partial charge in [-0.1, -0.05) is 276 Å². The molecule has 80 heavy (non-hydrogen) atoms. The molecule has 0 aliphatic carbocycles. The first kappa shape index (κ1) is 75.5. The molecule has 0 aliphatic heterocycles. The minimum atomic E-state index is -0.791. The lowest BCUT2D eigenvalue weighted by Gasteiger charge is -2.18. The Kier molecular flexibility index (Phi) is 63.3. The van der Waals surface area contributed by atoms with Crippen LogP contribution in [0.25, 0.3) is 0 Å². The molecule has 454 valence electrons. The van der Waals surface area contributed by atoms with E-state index in [2.05, 4.69) is 154 Å². The van der Waals surface area contributed by atoms with Gasteiger partial charge in [-0.25, -0.2) is 0 Å². The third-order valence-corrected chi connectivity index (χ3v) is 13.8. The minimum absolute atomic E-state index is 0.0886. The van der Waals surface area contributed by atoms with Crippen molar-refractivity contribution in [3.05, 3.63) is 134 Å². The van der Waals surface area contributed by atoms with Crippen LogP contribution >= 0.6 is 0 Å². The molecule has 0 saturated heterocycles. The molecule has 0 spiro atoms. The fourth-order valence-electron chi connectivity index (χ4n) is 8.90. The number of esters is 3. The Balaban J connectivity index is 4.24. The average Bonchev–Trinajstić information content (AvgIpc) is 3.46. The van der Waals surface area contributed by atoms with E-state index in [1.807, 2.05) is 0 Å². The Morgan fingerprint density at radius 1 is 0.263 bits per heavy atom. The second-order valence-corrected chi connectivity index (χ2v) is 21.6. The van der Waals surface area contributed by atoms with E-state index in [9.17, 15) is 14.4 Å². The molecule has 0 aromatic heterocycles. The first-order chi connectivity index (χ1) is 39.5. The van der Waals surface area contributed by atoms with Crippen LogP contribution in [0.2, 0.25) is 0 Å². The average molecular weight is 1110 g/mol. The van der Waals surface area contributed by atoms with Gasteiger partial charge in [-0.2, -0.15) is 0 Å². The lowest BCUT2D eigenvalue weighted by Crippen LogP contribution is -2.30. The van der Waals surface area contributed by atoms with Gasteiger partial charge in [-0.05, 0) is 135 Å². The first-order valence-electron chi connectivity index (χ1n) is 33.2. The van der Waals surface area contributed by atoms with E-state index >= 15 is 0 Å². The number of carbonyl (C=O) groups is 3. The van der Waals surface area contributed by atoms with E-state index in [0.717, 1.165) is 141 Å². The highest BCUT2D eigenvalue weighted by Gasteiger charge is 2.19. The summed E-state index contributed by atoms with van der Waals surface area (Å²) in [5, 5.41) is 0. The van der Waals surface area contributed by atoms with Crippen molar-refractivity contribution in [2.75, 3.05) is 13.2 Å². The molecule has 0 saturated carbocycles. The molecule has 6 heteroatoms. The topological polar surface area (TPSA) is 78.9 Å². The molecule has 0 rings (SSSR count). The number of ether oxygens (including phenoxy) is 3. The molecule has 0 aliphatic rings. The van der Waals surface area contributed by atoms with Crippen LogP contribution in [0.3, 0.4) is 0 Å². The highest BCUT2D eigenvalue weighted by molar-refractivity contribution is 5.71. The van der Waals surface area contributed by atoms with Crippen molar-refractivity contribution >= 4 is 17.9 Å². The Labute approximate surface area is 494 Å². The quantitative estimate of drug-likeness (QED) is 0.0261. The predicted molar refractivity (Wildman–Crippen MR) is 348 cm³/mol. The van der Waals surface area contributed by atoms with Crippen molar-refractivity contribution in [3.8, 4) is 0 Å². The Morgan fingerprint density at radius 2 is 0.512 bits per heavy atom. The third kappa shape index (κ3) is 64.4. The zero-order valence-electron chi connectivity index (χ0n) is 52.0. The molecule has 0 aromatic rings. The molecule has 0 aromatic carbocycles. The fraction of sp³-hybridized carbons (Fsp3) is 0.662. The molecule has 0 N–H and O–H groups in total. The number of rotatable bonds is 59. The van der Waals surface area contributed by atoms with Gasteiger partial charge in [0.2, 0.25) is 0 Å². The summed E-state index contributed by atoms with van der Waals surface area (Å²) in [5.41, 5.74) is 0. The largest absolute Gasteiger partial charge is 0.462 e. The van der Waals surface area contributed by atoms with Crippen molar-refractivity contribution in [2.45, 2.75) is 303 Å². The summed E-state index contributed by atoms with van der Waals surface area (Å²) >= 11 is 0. The zero-order chi connectivity index (χ0) is 57.8. The van der Waals surface area contributed by atoms with Gasteiger partial charge in [-0.15, -0.1) is 0 Å². The summed E-state index contributed by atoms with van der Waals surface area (Å²) in [6.07, 6.45) is 94.7. The monoisotopic (exact) mass is 1110 g/mol. The second-order valence-electron chi connectivity index (χ2n) is 21.6. The maximum atomic E-state index is 12.9. The number of carbonyl (C=O) groups excluding carboxylic acids is 3. The van der Waals surface area contributed by atoms with Crippen LogP contribution in [0, 0.1) is 0 Å². The maximum Gasteiger partial charge on any atom is 0.306 e. The molecule has 0 amide bonds. The van der Waals surface area contributed by atoms with Crippen LogP contribution in [0.1, 0.15) is 297 Å². The van der Waals surface area contributed by atoms with E-state index in [-0.39, 0.29) is 31.1 Å².